The van der Waals surface area contributed by atoms with E-state index in [0.29, 0.717) is 12.2 Å². The SMILES string of the molecule is CCn1cc(NC(=O)c2cc(C)ccc2F)cn1. The van der Waals surface area contributed by atoms with Gasteiger partial charge in [0.1, 0.15) is 5.82 Å². The molecule has 4 nitrogen and oxygen atoms in total. The van der Waals surface area contributed by atoms with Gasteiger partial charge >= 0.3 is 0 Å². The number of aromatic nitrogens is 2. The van der Waals surface area contributed by atoms with Gasteiger partial charge in [0.25, 0.3) is 5.91 Å². The highest BCUT2D eigenvalue weighted by Gasteiger charge is 2.12. The predicted octanol–water partition coefficient (Wildman–Crippen LogP) is 2.60. The third kappa shape index (κ3) is 2.56. The van der Waals surface area contributed by atoms with Crippen molar-refractivity contribution in [2.24, 2.45) is 0 Å². The van der Waals surface area contributed by atoms with Crippen LogP contribution in [0.25, 0.3) is 0 Å². The number of nitrogens with one attached hydrogen (secondary N) is 1. The number of anilines is 1. The molecule has 0 saturated heterocycles. The van der Waals surface area contributed by atoms with E-state index in [-0.39, 0.29) is 5.56 Å². The van der Waals surface area contributed by atoms with Crippen LogP contribution >= 0.6 is 0 Å². The Balaban J connectivity index is 2.19. The fraction of sp³-hybridized carbons (Fsp3) is 0.231. The molecule has 94 valence electrons. The molecule has 1 N–H and O–H groups in total. The smallest absolute Gasteiger partial charge is 0.258 e. The zero-order valence-electron chi connectivity index (χ0n) is 10.3. The van der Waals surface area contributed by atoms with Crippen molar-refractivity contribution in [3.63, 3.8) is 0 Å². The van der Waals surface area contributed by atoms with Crippen LogP contribution in [0.3, 0.4) is 0 Å². The summed E-state index contributed by atoms with van der Waals surface area (Å²) in [5.74, 6) is -0.993. The lowest BCUT2D eigenvalue weighted by molar-refractivity contribution is 0.102. The summed E-state index contributed by atoms with van der Waals surface area (Å²) >= 11 is 0. The summed E-state index contributed by atoms with van der Waals surface area (Å²) in [6, 6.07) is 4.44. The van der Waals surface area contributed by atoms with Crippen molar-refractivity contribution < 1.29 is 9.18 Å². The Labute approximate surface area is 104 Å². The van der Waals surface area contributed by atoms with E-state index in [1.54, 1.807) is 16.9 Å². The Kier molecular flexibility index (Phi) is 3.41. The Morgan fingerprint density at radius 3 is 2.94 bits per heavy atom. The molecule has 0 bridgehead atoms. The van der Waals surface area contributed by atoms with Crippen molar-refractivity contribution >= 4 is 11.6 Å². The number of hydrogen-bond donors (Lipinski definition) is 1. The van der Waals surface area contributed by atoms with Gasteiger partial charge in [-0.1, -0.05) is 11.6 Å². The van der Waals surface area contributed by atoms with Crippen molar-refractivity contribution in [1.82, 2.24) is 9.78 Å². The molecule has 0 unspecified atom stereocenters. The Hall–Kier alpha value is -2.17. The fourth-order valence-electron chi connectivity index (χ4n) is 1.61. The van der Waals surface area contributed by atoms with E-state index in [2.05, 4.69) is 10.4 Å². The normalized spacial score (nSPS) is 10.4. The average molecular weight is 247 g/mol. The quantitative estimate of drug-likeness (QED) is 0.906. The van der Waals surface area contributed by atoms with Crippen LogP contribution in [0.2, 0.25) is 0 Å². The first-order chi connectivity index (χ1) is 8.60. The standard InChI is InChI=1S/C13H14FN3O/c1-3-17-8-10(7-15-17)16-13(18)11-6-9(2)4-5-12(11)14/h4-8H,3H2,1-2H3,(H,16,18). The first-order valence-electron chi connectivity index (χ1n) is 5.70. The molecule has 1 aromatic carbocycles. The molecule has 0 aliphatic rings. The molecule has 0 fully saturated rings. The highest BCUT2D eigenvalue weighted by atomic mass is 19.1. The monoisotopic (exact) mass is 247 g/mol. The maximum Gasteiger partial charge on any atom is 0.258 e. The van der Waals surface area contributed by atoms with E-state index in [9.17, 15) is 9.18 Å². The van der Waals surface area contributed by atoms with Crippen molar-refractivity contribution in [1.29, 1.82) is 0 Å². The number of nitrogens with zero attached hydrogens (tertiary/aromatic N) is 2. The van der Waals surface area contributed by atoms with Gasteiger partial charge in [0.2, 0.25) is 0 Å². The summed E-state index contributed by atoms with van der Waals surface area (Å²) in [5, 5.41) is 6.65. The minimum absolute atomic E-state index is 0.0410. The molecule has 0 aliphatic heterocycles. The molecule has 5 heteroatoms. The summed E-state index contributed by atoms with van der Waals surface area (Å²) in [5.41, 5.74) is 1.44. The molecule has 0 aliphatic carbocycles. The Morgan fingerprint density at radius 1 is 1.50 bits per heavy atom. The number of benzene rings is 1. The van der Waals surface area contributed by atoms with Crippen LogP contribution in [0.5, 0.6) is 0 Å². The van der Waals surface area contributed by atoms with Gasteiger partial charge in [-0.3, -0.25) is 9.48 Å². The van der Waals surface area contributed by atoms with Crippen molar-refractivity contribution in [3.8, 4) is 0 Å². The number of aryl methyl sites for hydroxylation is 2. The topological polar surface area (TPSA) is 46.9 Å². The molecule has 1 aromatic heterocycles. The summed E-state index contributed by atoms with van der Waals surface area (Å²) in [6.45, 7) is 4.47. The maximum absolute atomic E-state index is 13.5. The van der Waals surface area contributed by atoms with Gasteiger partial charge in [0.15, 0.2) is 0 Å². The number of carbonyl (C=O) groups is 1. The van der Waals surface area contributed by atoms with Gasteiger partial charge < -0.3 is 5.32 Å². The van der Waals surface area contributed by atoms with E-state index in [1.807, 2.05) is 13.8 Å². The van der Waals surface area contributed by atoms with Crippen LogP contribution < -0.4 is 5.32 Å². The van der Waals surface area contributed by atoms with Crippen molar-refractivity contribution in [2.45, 2.75) is 20.4 Å². The second-order valence-corrected chi connectivity index (χ2v) is 4.02. The van der Waals surface area contributed by atoms with E-state index in [0.717, 1.165) is 5.56 Å². The van der Waals surface area contributed by atoms with Crippen molar-refractivity contribution in [2.75, 3.05) is 5.32 Å². The average Bonchev–Trinajstić information content (AvgIpc) is 2.80. The molecule has 1 amide bonds. The van der Waals surface area contributed by atoms with E-state index in [4.69, 9.17) is 0 Å². The zero-order valence-corrected chi connectivity index (χ0v) is 10.3. The number of halogens is 1. The van der Waals surface area contributed by atoms with Crippen LogP contribution in [0.4, 0.5) is 10.1 Å². The molecule has 18 heavy (non-hydrogen) atoms. The van der Waals surface area contributed by atoms with Crippen LogP contribution in [-0.2, 0) is 6.54 Å². The molecule has 1 heterocycles. The number of hydrogen-bond acceptors (Lipinski definition) is 2. The maximum atomic E-state index is 13.5. The highest BCUT2D eigenvalue weighted by molar-refractivity contribution is 6.04. The third-order valence-corrected chi connectivity index (χ3v) is 2.58. The van der Waals surface area contributed by atoms with Gasteiger partial charge in [-0.2, -0.15) is 5.10 Å². The minimum Gasteiger partial charge on any atom is -0.319 e. The Morgan fingerprint density at radius 2 is 2.28 bits per heavy atom. The van der Waals surface area contributed by atoms with Gasteiger partial charge in [-0.05, 0) is 26.0 Å². The third-order valence-electron chi connectivity index (χ3n) is 2.58. The fourth-order valence-corrected chi connectivity index (χ4v) is 1.61. The van der Waals surface area contributed by atoms with Gasteiger partial charge in [-0.25, -0.2) is 4.39 Å². The summed E-state index contributed by atoms with van der Waals surface area (Å²) in [4.78, 5) is 11.9. The van der Waals surface area contributed by atoms with Crippen LogP contribution in [0, 0.1) is 12.7 Å². The van der Waals surface area contributed by atoms with Gasteiger partial charge in [0, 0.05) is 12.7 Å². The van der Waals surface area contributed by atoms with E-state index >= 15 is 0 Å². The summed E-state index contributed by atoms with van der Waals surface area (Å²) in [7, 11) is 0. The molecular weight excluding hydrogens is 233 g/mol. The minimum atomic E-state index is -0.527. The first-order valence-corrected chi connectivity index (χ1v) is 5.70. The predicted molar refractivity (Wildman–Crippen MR) is 67.0 cm³/mol. The van der Waals surface area contributed by atoms with Gasteiger partial charge in [-0.15, -0.1) is 0 Å². The number of rotatable bonds is 3. The van der Waals surface area contributed by atoms with Crippen LogP contribution in [0.15, 0.2) is 30.6 Å². The summed E-state index contributed by atoms with van der Waals surface area (Å²) < 4.78 is 15.2. The summed E-state index contributed by atoms with van der Waals surface area (Å²) in [6.07, 6.45) is 3.24. The van der Waals surface area contributed by atoms with E-state index < -0.39 is 11.7 Å². The lowest BCUT2D eigenvalue weighted by atomic mass is 10.1. The molecule has 0 spiro atoms. The largest absolute Gasteiger partial charge is 0.319 e. The second kappa shape index (κ2) is 5.00. The van der Waals surface area contributed by atoms with Gasteiger partial charge in [0.05, 0.1) is 17.4 Å². The van der Waals surface area contributed by atoms with Crippen LogP contribution in [0.1, 0.15) is 22.8 Å². The van der Waals surface area contributed by atoms with Crippen LogP contribution in [-0.4, -0.2) is 15.7 Å². The zero-order chi connectivity index (χ0) is 13.1. The van der Waals surface area contributed by atoms with Crippen molar-refractivity contribution in [3.05, 3.63) is 47.5 Å². The highest BCUT2D eigenvalue weighted by Crippen LogP contribution is 2.13. The molecule has 0 saturated carbocycles. The molecule has 0 atom stereocenters. The number of carbonyl (C=O) groups excluding carboxylic acids is 1. The first kappa shape index (κ1) is 12.3. The lowest BCUT2D eigenvalue weighted by Crippen LogP contribution is -2.13. The molecule has 0 radical (unpaired) electrons. The number of amides is 1. The molecule has 2 aromatic rings. The lowest BCUT2D eigenvalue weighted by Gasteiger charge is -2.04. The Bertz CT molecular complexity index is 577. The van der Waals surface area contributed by atoms with E-state index in [1.165, 1.54) is 18.3 Å². The second-order valence-electron chi connectivity index (χ2n) is 4.02. The molecular formula is C13H14FN3O. The molecule has 2 rings (SSSR count).